The van der Waals surface area contributed by atoms with E-state index >= 15 is 0 Å². The van der Waals surface area contributed by atoms with Gasteiger partial charge in [0.2, 0.25) is 0 Å². The standard InChI is InChI=1S/C12H7F5N2S/c1-5-2-3-6(13)9(10(5)14)7-4-8(12(15,16)17)19-11(20)18-7/h2-4H,1H3,(H,18,19,20). The van der Waals surface area contributed by atoms with Gasteiger partial charge in [-0.05, 0) is 36.8 Å². The zero-order valence-electron chi connectivity index (χ0n) is 9.98. The highest BCUT2D eigenvalue weighted by Crippen LogP contribution is 2.32. The average molecular weight is 306 g/mol. The van der Waals surface area contributed by atoms with Crippen LogP contribution < -0.4 is 0 Å². The summed E-state index contributed by atoms with van der Waals surface area (Å²) in [4.78, 5) is 5.40. The van der Waals surface area contributed by atoms with E-state index in [9.17, 15) is 22.0 Å². The lowest BCUT2D eigenvalue weighted by Gasteiger charge is -2.10. The van der Waals surface area contributed by atoms with Crippen molar-refractivity contribution >= 4 is 12.2 Å². The second kappa shape index (κ2) is 4.93. The molecule has 0 atom stereocenters. The van der Waals surface area contributed by atoms with Crippen molar-refractivity contribution in [1.29, 1.82) is 0 Å². The lowest BCUT2D eigenvalue weighted by atomic mass is 10.1. The number of hydrogen-bond donors (Lipinski definition) is 1. The molecule has 2 nitrogen and oxygen atoms in total. The van der Waals surface area contributed by atoms with Gasteiger partial charge >= 0.3 is 6.18 Å². The minimum atomic E-state index is -4.72. The van der Waals surface area contributed by atoms with Gasteiger partial charge in [-0.25, -0.2) is 13.8 Å². The molecule has 0 bridgehead atoms. The van der Waals surface area contributed by atoms with Gasteiger partial charge in [-0.2, -0.15) is 13.2 Å². The molecule has 1 N–H and O–H groups in total. The Morgan fingerprint density at radius 1 is 1.20 bits per heavy atom. The first-order chi connectivity index (χ1) is 9.20. The molecule has 8 heteroatoms. The number of nitrogens with one attached hydrogen (secondary N) is 1. The Labute approximate surface area is 115 Å². The van der Waals surface area contributed by atoms with E-state index < -0.39 is 39.5 Å². The van der Waals surface area contributed by atoms with Gasteiger partial charge < -0.3 is 4.98 Å². The van der Waals surface area contributed by atoms with Crippen molar-refractivity contribution in [2.24, 2.45) is 0 Å². The van der Waals surface area contributed by atoms with Crippen molar-refractivity contribution < 1.29 is 22.0 Å². The summed E-state index contributed by atoms with van der Waals surface area (Å²) in [5.74, 6) is -1.97. The average Bonchev–Trinajstić information content (AvgIpc) is 2.33. The quantitative estimate of drug-likeness (QED) is 0.624. The van der Waals surface area contributed by atoms with Crippen LogP contribution in [0.1, 0.15) is 11.3 Å². The minimum Gasteiger partial charge on any atom is -0.327 e. The van der Waals surface area contributed by atoms with Crippen molar-refractivity contribution in [2.75, 3.05) is 0 Å². The van der Waals surface area contributed by atoms with Gasteiger partial charge in [0.25, 0.3) is 0 Å². The van der Waals surface area contributed by atoms with Crippen LogP contribution in [0.2, 0.25) is 0 Å². The van der Waals surface area contributed by atoms with Crippen molar-refractivity contribution in [3.05, 3.63) is 45.9 Å². The molecule has 1 aromatic carbocycles. The summed E-state index contributed by atoms with van der Waals surface area (Å²) < 4.78 is 65.0. The molecule has 0 aliphatic rings. The van der Waals surface area contributed by atoms with Crippen LogP contribution in [0.25, 0.3) is 11.3 Å². The molecule has 0 aliphatic carbocycles. The van der Waals surface area contributed by atoms with Crippen LogP contribution in [-0.4, -0.2) is 9.97 Å². The molecule has 0 unspecified atom stereocenters. The fraction of sp³-hybridized carbons (Fsp3) is 0.167. The third-order valence-corrected chi connectivity index (χ3v) is 2.78. The van der Waals surface area contributed by atoms with Crippen LogP contribution >= 0.6 is 12.2 Å². The third-order valence-electron chi connectivity index (χ3n) is 2.59. The molecule has 2 rings (SSSR count). The number of aromatic nitrogens is 2. The first-order valence-corrected chi connectivity index (χ1v) is 5.74. The number of hydrogen-bond acceptors (Lipinski definition) is 2. The Hall–Kier alpha value is -1.83. The molecule has 0 aliphatic heterocycles. The first-order valence-electron chi connectivity index (χ1n) is 5.33. The first kappa shape index (κ1) is 14.6. The Balaban J connectivity index is 2.75. The zero-order chi connectivity index (χ0) is 15.1. The van der Waals surface area contributed by atoms with Crippen LogP contribution in [0, 0.1) is 23.3 Å². The van der Waals surface area contributed by atoms with E-state index in [0.717, 1.165) is 6.07 Å². The van der Waals surface area contributed by atoms with E-state index in [4.69, 9.17) is 0 Å². The highest BCUT2D eigenvalue weighted by atomic mass is 32.1. The predicted octanol–water partition coefficient (Wildman–Crippen LogP) is 4.41. The second-order valence-corrected chi connectivity index (χ2v) is 4.42. The molecule has 1 heterocycles. The van der Waals surface area contributed by atoms with E-state index in [0.29, 0.717) is 6.07 Å². The predicted molar refractivity (Wildman–Crippen MR) is 64.5 cm³/mol. The van der Waals surface area contributed by atoms with Crippen molar-refractivity contribution in [2.45, 2.75) is 13.1 Å². The molecule has 0 fully saturated rings. The fourth-order valence-electron chi connectivity index (χ4n) is 1.63. The molecule has 1 aromatic heterocycles. The van der Waals surface area contributed by atoms with Gasteiger partial charge in [-0.15, -0.1) is 0 Å². The van der Waals surface area contributed by atoms with Gasteiger partial charge in [-0.3, -0.25) is 0 Å². The van der Waals surface area contributed by atoms with Gasteiger partial charge in [-0.1, -0.05) is 6.07 Å². The number of benzene rings is 1. The van der Waals surface area contributed by atoms with Gasteiger partial charge in [0.1, 0.15) is 17.3 Å². The fourth-order valence-corrected chi connectivity index (χ4v) is 1.84. The minimum absolute atomic E-state index is 0.0931. The summed E-state index contributed by atoms with van der Waals surface area (Å²) in [7, 11) is 0. The normalized spacial score (nSPS) is 11.7. The maximum Gasteiger partial charge on any atom is 0.431 e. The zero-order valence-corrected chi connectivity index (χ0v) is 10.8. The number of halogens is 5. The molecule has 0 amide bonds. The molecule has 0 saturated carbocycles. The molecule has 2 aromatic rings. The van der Waals surface area contributed by atoms with Crippen molar-refractivity contribution in [3.8, 4) is 11.3 Å². The van der Waals surface area contributed by atoms with Crippen LogP contribution in [0.5, 0.6) is 0 Å². The van der Waals surface area contributed by atoms with Crippen LogP contribution in [0.15, 0.2) is 18.2 Å². The summed E-state index contributed by atoms with van der Waals surface area (Å²) in [6, 6.07) is 2.67. The number of rotatable bonds is 1. The SMILES string of the molecule is Cc1ccc(F)c(-c2cc(C(F)(F)F)[nH]c(=S)n2)c1F. The maximum absolute atomic E-state index is 13.9. The van der Waals surface area contributed by atoms with E-state index in [1.54, 1.807) is 0 Å². The molecule has 0 saturated heterocycles. The topological polar surface area (TPSA) is 28.7 Å². The van der Waals surface area contributed by atoms with Gasteiger partial charge in [0.05, 0.1) is 11.3 Å². The van der Waals surface area contributed by atoms with Crippen LogP contribution in [-0.2, 0) is 6.18 Å². The number of H-pyrrole nitrogens is 1. The van der Waals surface area contributed by atoms with E-state index in [-0.39, 0.29) is 5.56 Å². The highest BCUT2D eigenvalue weighted by Gasteiger charge is 2.32. The third kappa shape index (κ3) is 2.69. The summed E-state index contributed by atoms with van der Waals surface area (Å²) in [5, 5.41) is 0. The monoisotopic (exact) mass is 306 g/mol. The van der Waals surface area contributed by atoms with Crippen molar-refractivity contribution in [3.63, 3.8) is 0 Å². The lowest BCUT2D eigenvalue weighted by molar-refractivity contribution is -0.141. The maximum atomic E-state index is 13.9. The van der Waals surface area contributed by atoms with Gasteiger partial charge in [0, 0.05) is 0 Å². The molecule has 0 spiro atoms. The van der Waals surface area contributed by atoms with Gasteiger partial charge in [0.15, 0.2) is 4.77 Å². The second-order valence-electron chi connectivity index (χ2n) is 4.04. The Bertz CT molecular complexity index is 721. The van der Waals surface area contributed by atoms with Crippen LogP contribution in [0.4, 0.5) is 22.0 Å². The largest absolute Gasteiger partial charge is 0.431 e. The Morgan fingerprint density at radius 2 is 1.85 bits per heavy atom. The number of nitrogens with zero attached hydrogens (tertiary/aromatic N) is 1. The smallest absolute Gasteiger partial charge is 0.327 e. The molecular weight excluding hydrogens is 299 g/mol. The Morgan fingerprint density at radius 3 is 2.45 bits per heavy atom. The lowest BCUT2D eigenvalue weighted by Crippen LogP contribution is -2.10. The molecule has 106 valence electrons. The molecular formula is C12H7F5N2S. The number of aryl methyl sites for hydroxylation is 1. The Kier molecular flexibility index (Phi) is 3.59. The number of alkyl halides is 3. The van der Waals surface area contributed by atoms with E-state index in [1.165, 1.54) is 13.0 Å². The van der Waals surface area contributed by atoms with Crippen molar-refractivity contribution in [1.82, 2.24) is 9.97 Å². The summed E-state index contributed by atoms with van der Waals surface area (Å²) in [6.45, 7) is 1.37. The molecule has 0 radical (unpaired) electrons. The van der Waals surface area contributed by atoms with E-state index in [1.807, 2.05) is 4.98 Å². The van der Waals surface area contributed by atoms with Crippen LogP contribution in [0.3, 0.4) is 0 Å². The summed E-state index contributed by atoms with van der Waals surface area (Å²) >= 11 is 4.56. The summed E-state index contributed by atoms with van der Waals surface area (Å²) in [5.41, 5.74) is -2.25. The number of aromatic amines is 1. The highest BCUT2D eigenvalue weighted by molar-refractivity contribution is 7.71. The molecule has 20 heavy (non-hydrogen) atoms. The van der Waals surface area contributed by atoms with E-state index in [2.05, 4.69) is 17.2 Å². The summed E-state index contributed by atoms with van der Waals surface area (Å²) in [6.07, 6.45) is -4.72.